The molecule has 0 fully saturated rings. The molecule has 7 heteroatoms. The number of aryl methyl sites for hydroxylation is 2. The number of nitrogens with zero attached hydrogens (tertiary/aromatic N) is 1. The third-order valence-electron chi connectivity index (χ3n) is 4.42. The molecule has 0 atom stereocenters. The third-order valence-corrected chi connectivity index (χ3v) is 5.88. The van der Waals surface area contributed by atoms with E-state index in [1.165, 1.54) is 11.0 Å². The van der Waals surface area contributed by atoms with Gasteiger partial charge in [-0.2, -0.15) is 0 Å². The molecule has 26 heavy (non-hydrogen) atoms. The Morgan fingerprint density at radius 1 is 1.15 bits per heavy atom. The van der Waals surface area contributed by atoms with Crippen LogP contribution in [0.1, 0.15) is 16.7 Å². The molecule has 0 bridgehead atoms. The minimum absolute atomic E-state index is 0.0376. The van der Waals surface area contributed by atoms with Gasteiger partial charge in [0.25, 0.3) is 0 Å². The van der Waals surface area contributed by atoms with E-state index >= 15 is 0 Å². The summed E-state index contributed by atoms with van der Waals surface area (Å²) in [5.41, 5.74) is 3.65. The minimum atomic E-state index is -3.65. The Labute approximate surface area is 153 Å². The van der Waals surface area contributed by atoms with Crippen molar-refractivity contribution in [2.75, 3.05) is 25.1 Å². The molecule has 0 spiro atoms. The van der Waals surface area contributed by atoms with Gasteiger partial charge in [0.2, 0.25) is 15.9 Å². The average Bonchev–Trinajstić information content (AvgIpc) is 2.87. The zero-order valence-corrected chi connectivity index (χ0v) is 15.9. The number of hydrogen-bond donors (Lipinski definition) is 1. The second-order valence-corrected chi connectivity index (χ2v) is 8.20. The molecule has 1 aliphatic rings. The Hall–Kier alpha value is -2.38. The van der Waals surface area contributed by atoms with E-state index in [9.17, 15) is 13.2 Å². The van der Waals surface area contributed by atoms with Gasteiger partial charge in [-0.1, -0.05) is 17.7 Å². The summed E-state index contributed by atoms with van der Waals surface area (Å²) in [4.78, 5) is 13.4. The van der Waals surface area contributed by atoms with Crippen LogP contribution in [0.3, 0.4) is 0 Å². The molecular formula is C19H22N2O4S. The first-order valence-corrected chi connectivity index (χ1v) is 9.85. The molecule has 0 aromatic heterocycles. The summed E-state index contributed by atoms with van der Waals surface area (Å²) >= 11 is 0. The number of rotatable bonds is 6. The molecule has 0 unspecified atom stereocenters. The SMILES string of the molecule is Cc1ccc(OCCNS(=O)(=O)c2ccc3c(c2)CC(=O)N3C)c(C)c1. The molecule has 2 aromatic carbocycles. The van der Waals surface area contributed by atoms with Crippen LogP contribution in [0.25, 0.3) is 0 Å². The first kappa shape index (κ1) is 18.4. The van der Waals surface area contributed by atoms with Crippen molar-refractivity contribution in [3.63, 3.8) is 0 Å². The summed E-state index contributed by atoms with van der Waals surface area (Å²) in [5.74, 6) is 0.707. The van der Waals surface area contributed by atoms with Gasteiger partial charge < -0.3 is 9.64 Å². The fourth-order valence-corrected chi connectivity index (χ4v) is 4.06. The topological polar surface area (TPSA) is 75.7 Å². The Morgan fingerprint density at radius 2 is 1.92 bits per heavy atom. The number of likely N-dealkylation sites (N-methyl/N-ethyl adjacent to an activating group) is 1. The van der Waals surface area contributed by atoms with E-state index in [0.717, 1.165) is 28.1 Å². The maximum absolute atomic E-state index is 12.5. The van der Waals surface area contributed by atoms with Crippen molar-refractivity contribution < 1.29 is 17.9 Å². The molecule has 1 N–H and O–H groups in total. The Balaban J connectivity index is 1.61. The quantitative estimate of drug-likeness (QED) is 0.787. The first-order chi connectivity index (χ1) is 12.3. The Bertz CT molecular complexity index is 954. The molecule has 2 aromatic rings. The van der Waals surface area contributed by atoms with Crippen molar-refractivity contribution in [2.45, 2.75) is 25.2 Å². The molecule has 1 aliphatic heterocycles. The van der Waals surface area contributed by atoms with E-state index in [2.05, 4.69) is 4.72 Å². The van der Waals surface area contributed by atoms with Crippen LogP contribution in [0.15, 0.2) is 41.3 Å². The zero-order chi connectivity index (χ0) is 18.9. The molecule has 0 saturated heterocycles. The summed E-state index contributed by atoms with van der Waals surface area (Å²) in [6, 6.07) is 10.6. The number of carbonyl (C=O) groups is 1. The number of nitrogens with one attached hydrogen (secondary N) is 1. The highest BCUT2D eigenvalue weighted by atomic mass is 32.2. The second-order valence-electron chi connectivity index (χ2n) is 6.44. The largest absolute Gasteiger partial charge is 0.492 e. The van der Waals surface area contributed by atoms with Crippen molar-refractivity contribution >= 4 is 21.6 Å². The maximum Gasteiger partial charge on any atom is 0.240 e. The fraction of sp³-hybridized carbons (Fsp3) is 0.316. The molecule has 0 aliphatic carbocycles. The van der Waals surface area contributed by atoms with Gasteiger partial charge in [-0.3, -0.25) is 4.79 Å². The lowest BCUT2D eigenvalue weighted by atomic mass is 10.1. The van der Waals surface area contributed by atoms with E-state index in [-0.39, 0.29) is 30.4 Å². The summed E-state index contributed by atoms with van der Waals surface area (Å²) < 4.78 is 33.1. The molecule has 1 heterocycles. The average molecular weight is 374 g/mol. The summed E-state index contributed by atoms with van der Waals surface area (Å²) in [7, 11) is -1.96. The maximum atomic E-state index is 12.5. The summed E-state index contributed by atoms with van der Waals surface area (Å²) in [5, 5.41) is 0. The normalized spacial score (nSPS) is 13.8. The molecular weight excluding hydrogens is 352 g/mol. The lowest BCUT2D eigenvalue weighted by molar-refractivity contribution is -0.117. The standard InChI is InChI=1S/C19H22N2O4S/c1-13-4-7-18(14(2)10-13)25-9-8-20-26(23,24)16-5-6-17-15(11-16)12-19(22)21(17)3/h4-7,10-11,20H,8-9,12H2,1-3H3. The smallest absolute Gasteiger partial charge is 0.240 e. The van der Waals surface area contributed by atoms with Crippen molar-refractivity contribution in [3.05, 3.63) is 53.1 Å². The Kier molecular flexibility index (Phi) is 5.02. The number of hydrogen-bond acceptors (Lipinski definition) is 4. The summed E-state index contributed by atoms with van der Waals surface area (Å²) in [6.07, 6.45) is 0.227. The molecule has 3 rings (SSSR count). The number of anilines is 1. The van der Waals surface area contributed by atoms with Gasteiger partial charge in [0, 0.05) is 19.3 Å². The van der Waals surface area contributed by atoms with Crippen LogP contribution in [0.5, 0.6) is 5.75 Å². The van der Waals surface area contributed by atoms with Crippen molar-refractivity contribution in [1.29, 1.82) is 0 Å². The van der Waals surface area contributed by atoms with Crippen LogP contribution in [-0.4, -0.2) is 34.5 Å². The lowest BCUT2D eigenvalue weighted by Crippen LogP contribution is -2.28. The highest BCUT2D eigenvalue weighted by molar-refractivity contribution is 7.89. The van der Waals surface area contributed by atoms with E-state index in [4.69, 9.17) is 4.74 Å². The van der Waals surface area contributed by atoms with Crippen molar-refractivity contribution in [3.8, 4) is 5.75 Å². The Morgan fingerprint density at radius 3 is 2.65 bits per heavy atom. The molecule has 6 nitrogen and oxygen atoms in total. The van der Waals surface area contributed by atoms with Gasteiger partial charge in [0.05, 0.1) is 11.3 Å². The highest BCUT2D eigenvalue weighted by Crippen LogP contribution is 2.29. The van der Waals surface area contributed by atoms with Gasteiger partial charge >= 0.3 is 0 Å². The van der Waals surface area contributed by atoms with E-state index in [1.807, 2.05) is 32.0 Å². The first-order valence-electron chi connectivity index (χ1n) is 8.37. The van der Waals surface area contributed by atoms with Gasteiger partial charge in [0.15, 0.2) is 0 Å². The highest BCUT2D eigenvalue weighted by Gasteiger charge is 2.26. The zero-order valence-electron chi connectivity index (χ0n) is 15.1. The van der Waals surface area contributed by atoms with Crippen LogP contribution in [0.4, 0.5) is 5.69 Å². The number of amides is 1. The van der Waals surface area contributed by atoms with Gasteiger partial charge in [-0.15, -0.1) is 0 Å². The molecule has 0 radical (unpaired) electrons. The van der Waals surface area contributed by atoms with Crippen LogP contribution in [0.2, 0.25) is 0 Å². The van der Waals surface area contributed by atoms with Crippen LogP contribution < -0.4 is 14.4 Å². The number of benzene rings is 2. The third kappa shape index (κ3) is 3.73. The summed E-state index contributed by atoms with van der Waals surface area (Å²) in [6.45, 7) is 4.35. The van der Waals surface area contributed by atoms with Gasteiger partial charge in [0.1, 0.15) is 12.4 Å². The lowest BCUT2D eigenvalue weighted by Gasteiger charge is -2.12. The van der Waals surface area contributed by atoms with Crippen LogP contribution in [-0.2, 0) is 21.2 Å². The fourth-order valence-electron chi connectivity index (χ4n) is 3.00. The minimum Gasteiger partial charge on any atom is -0.492 e. The van der Waals surface area contributed by atoms with Crippen molar-refractivity contribution in [2.24, 2.45) is 0 Å². The number of carbonyl (C=O) groups excluding carboxylic acids is 1. The van der Waals surface area contributed by atoms with Crippen molar-refractivity contribution in [1.82, 2.24) is 4.72 Å². The number of sulfonamides is 1. The van der Waals surface area contributed by atoms with Gasteiger partial charge in [-0.05, 0) is 49.2 Å². The van der Waals surface area contributed by atoms with Crippen LogP contribution >= 0.6 is 0 Å². The predicted octanol–water partition coefficient (Wildman–Crippen LogP) is 2.18. The van der Waals surface area contributed by atoms with E-state index in [0.29, 0.717) is 0 Å². The van der Waals surface area contributed by atoms with E-state index < -0.39 is 10.0 Å². The monoisotopic (exact) mass is 374 g/mol. The van der Waals surface area contributed by atoms with E-state index in [1.54, 1.807) is 19.2 Å². The second kappa shape index (κ2) is 7.09. The number of ether oxygens (including phenoxy) is 1. The molecule has 0 saturated carbocycles. The number of fused-ring (bicyclic) bond motifs is 1. The van der Waals surface area contributed by atoms with Crippen LogP contribution in [0, 0.1) is 13.8 Å². The molecule has 1 amide bonds. The molecule has 138 valence electrons. The predicted molar refractivity (Wildman–Crippen MR) is 100 cm³/mol. The van der Waals surface area contributed by atoms with Gasteiger partial charge in [-0.25, -0.2) is 13.1 Å².